The van der Waals surface area contributed by atoms with Crippen molar-refractivity contribution in [3.63, 3.8) is 0 Å². The number of halogens is 3. The fourth-order valence-corrected chi connectivity index (χ4v) is 2.87. The molecule has 0 N–H and O–H groups in total. The molecule has 2 aromatic heterocycles. The Morgan fingerprint density at radius 3 is 3.00 bits per heavy atom. The average Bonchev–Trinajstić information content (AvgIpc) is 2.29. The van der Waals surface area contributed by atoms with Crippen LogP contribution in [0.15, 0.2) is 17.1 Å². The second-order valence-electron chi connectivity index (χ2n) is 2.11. The van der Waals surface area contributed by atoms with Crippen molar-refractivity contribution in [2.45, 2.75) is 0 Å². The third-order valence-electron chi connectivity index (χ3n) is 1.42. The molecule has 0 saturated carbocycles. The molecule has 0 aliphatic rings. The highest BCUT2D eigenvalue weighted by Crippen LogP contribution is 2.23. The summed E-state index contributed by atoms with van der Waals surface area (Å²) >= 11 is 11.3. The lowest BCUT2D eigenvalue weighted by atomic mass is 10.6. The molecule has 6 heteroatoms. The summed E-state index contributed by atoms with van der Waals surface area (Å²) in [5.74, 6) is 0. The van der Waals surface area contributed by atoms with E-state index in [1.165, 1.54) is 0 Å². The standard InChI is InChI=1S/C6H2BrClIN3/c7-6-11-5(9)3-4(8)10-1-2-12(3)6/h1-2H. The van der Waals surface area contributed by atoms with Gasteiger partial charge in [-0.1, -0.05) is 11.6 Å². The zero-order chi connectivity index (χ0) is 8.72. The SMILES string of the molecule is Clc1nccn2c(Br)nc(I)c12. The van der Waals surface area contributed by atoms with E-state index in [0.29, 0.717) is 5.15 Å². The van der Waals surface area contributed by atoms with Crippen molar-refractivity contribution >= 4 is 55.6 Å². The molecule has 0 aliphatic carbocycles. The molecule has 0 atom stereocenters. The van der Waals surface area contributed by atoms with E-state index in [9.17, 15) is 0 Å². The minimum Gasteiger partial charge on any atom is -0.289 e. The van der Waals surface area contributed by atoms with Crippen LogP contribution in [0.1, 0.15) is 0 Å². The summed E-state index contributed by atoms with van der Waals surface area (Å²) < 4.78 is 3.43. The average molecular weight is 358 g/mol. The van der Waals surface area contributed by atoms with Crippen molar-refractivity contribution < 1.29 is 0 Å². The van der Waals surface area contributed by atoms with Crippen molar-refractivity contribution in [3.8, 4) is 0 Å². The first-order valence-electron chi connectivity index (χ1n) is 3.03. The van der Waals surface area contributed by atoms with Crippen molar-refractivity contribution in [1.29, 1.82) is 0 Å². The summed E-state index contributed by atoms with van der Waals surface area (Å²) in [5.41, 5.74) is 0.839. The lowest BCUT2D eigenvalue weighted by Crippen LogP contribution is -1.86. The van der Waals surface area contributed by atoms with Crippen LogP contribution in [0.2, 0.25) is 5.15 Å². The van der Waals surface area contributed by atoms with Gasteiger partial charge in [0.05, 0.1) is 0 Å². The van der Waals surface area contributed by atoms with Crippen molar-refractivity contribution in [1.82, 2.24) is 14.4 Å². The van der Waals surface area contributed by atoms with Gasteiger partial charge in [0.15, 0.2) is 9.89 Å². The Bertz CT molecular complexity index is 442. The molecular formula is C6H2BrClIN3. The van der Waals surface area contributed by atoms with E-state index in [1.807, 2.05) is 4.40 Å². The second kappa shape index (κ2) is 3.12. The summed E-state index contributed by atoms with van der Waals surface area (Å²) in [6, 6.07) is 0. The minimum atomic E-state index is 0.472. The number of fused-ring (bicyclic) bond motifs is 1. The van der Waals surface area contributed by atoms with Crippen LogP contribution >= 0.6 is 50.1 Å². The number of hydrogen-bond donors (Lipinski definition) is 0. The Morgan fingerprint density at radius 1 is 1.58 bits per heavy atom. The predicted molar refractivity (Wildman–Crippen MR) is 58.4 cm³/mol. The normalized spacial score (nSPS) is 10.9. The van der Waals surface area contributed by atoms with E-state index in [4.69, 9.17) is 11.6 Å². The fourth-order valence-electron chi connectivity index (χ4n) is 0.927. The van der Waals surface area contributed by atoms with E-state index < -0.39 is 0 Å². The van der Waals surface area contributed by atoms with E-state index in [0.717, 1.165) is 14.0 Å². The number of hydrogen-bond acceptors (Lipinski definition) is 2. The lowest BCUT2D eigenvalue weighted by molar-refractivity contribution is 1.07. The van der Waals surface area contributed by atoms with Gasteiger partial charge in [0.2, 0.25) is 0 Å². The topological polar surface area (TPSA) is 30.2 Å². The van der Waals surface area contributed by atoms with Crippen LogP contribution in [-0.4, -0.2) is 14.4 Å². The number of aromatic nitrogens is 3. The van der Waals surface area contributed by atoms with Crippen molar-refractivity contribution in [2.75, 3.05) is 0 Å². The maximum Gasteiger partial charge on any atom is 0.182 e. The van der Waals surface area contributed by atoms with Crippen LogP contribution in [0.4, 0.5) is 0 Å². The van der Waals surface area contributed by atoms with Crippen LogP contribution in [0.5, 0.6) is 0 Å². The highest BCUT2D eigenvalue weighted by Gasteiger charge is 2.09. The molecule has 0 radical (unpaired) electrons. The summed E-state index contributed by atoms with van der Waals surface area (Å²) in [7, 11) is 0. The molecule has 0 spiro atoms. The summed E-state index contributed by atoms with van der Waals surface area (Å²) in [5, 5.41) is 0.472. The van der Waals surface area contributed by atoms with Gasteiger partial charge in [0.25, 0.3) is 0 Å². The zero-order valence-corrected chi connectivity index (χ0v) is 10.1. The highest BCUT2D eigenvalue weighted by atomic mass is 127. The van der Waals surface area contributed by atoms with E-state index >= 15 is 0 Å². The van der Waals surface area contributed by atoms with E-state index in [-0.39, 0.29) is 0 Å². The molecular weight excluding hydrogens is 356 g/mol. The van der Waals surface area contributed by atoms with Crippen LogP contribution in [0.25, 0.3) is 5.52 Å². The van der Waals surface area contributed by atoms with E-state index in [1.54, 1.807) is 12.4 Å². The van der Waals surface area contributed by atoms with Gasteiger partial charge in [-0.3, -0.25) is 4.40 Å². The molecule has 0 aliphatic heterocycles. The molecule has 12 heavy (non-hydrogen) atoms. The molecule has 0 fully saturated rings. The van der Waals surface area contributed by atoms with Crippen molar-refractivity contribution in [2.24, 2.45) is 0 Å². The zero-order valence-electron chi connectivity index (χ0n) is 5.63. The molecule has 0 unspecified atom stereocenters. The molecule has 2 aromatic rings. The van der Waals surface area contributed by atoms with Gasteiger partial charge in [0.1, 0.15) is 9.22 Å². The van der Waals surface area contributed by atoms with Gasteiger partial charge in [0, 0.05) is 12.4 Å². The van der Waals surface area contributed by atoms with Crippen molar-refractivity contribution in [3.05, 3.63) is 26.0 Å². The highest BCUT2D eigenvalue weighted by molar-refractivity contribution is 14.1. The fraction of sp³-hybridized carbons (Fsp3) is 0. The number of rotatable bonds is 0. The summed E-state index contributed by atoms with van der Waals surface area (Å²) in [6.45, 7) is 0. The molecule has 0 bridgehead atoms. The Labute approximate surface area is 95.4 Å². The largest absolute Gasteiger partial charge is 0.289 e. The van der Waals surface area contributed by atoms with Gasteiger partial charge in [-0.15, -0.1) is 0 Å². The smallest absolute Gasteiger partial charge is 0.182 e. The first-order chi connectivity index (χ1) is 5.70. The molecule has 2 heterocycles. The third-order valence-corrected chi connectivity index (χ3v) is 3.01. The van der Waals surface area contributed by atoms with Crippen LogP contribution in [0, 0.1) is 3.70 Å². The maximum absolute atomic E-state index is 5.88. The Balaban J connectivity index is 2.99. The Kier molecular flexibility index (Phi) is 2.26. The monoisotopic (exact) mass is 357 g/mol. The first kappa shape index (κ1) is 8.71. The van der Waals surface area contributed by atoms with Gasteiger partial charge in [-0.2, -0.15) is 0 Å². The summed E-state index contributed by atoms with van der Waals surface area (Å²) in [6.07, 6.45) is 3.44. The van der Waals surface area contributed by atoms with Gasteiger partial charge >= 0.3 is 0 Å². The van der Waals surface area contributed by atoms with Crippen LogP contribution < -0.4 is 0 Å². The molecule has 62 valence electrons. The van der Waals surface area contributed by atoms with E-state index in [2.05, 4.69) is 48.5 Å². The minimum absolute atomic E-state index is 0.472. The lowest BCUT2D eigenvalue weighted by Gasteiger charge is -1.94. The summed E-state index contributed by atoms with van der Waals surface area (Å²) in [4.78, 5) is 8.15. The molecule has 0 saturated heterocycles. The predicted octanol–water partition coefficient (Wildman–Crippen LogP) is 2.75. The molecule has 2 rings (SSSR count). The molecule has 0 amide bonds. The van der Waals surface area contributed by atoms with Crippen LogP contribution in [-0.2, 0) is 0 Å². The van der Waals surface area contributed by atoms with Gasteiger partial charge in [-0.05, 0) is 38.5 Å². The van der Waals surface area contributed by atoms with Gasteiger partial charge in [-0.25, -0.2) is 9.97 Å². The number of imidazole rings is 1. The molecule has 0 aromatic carbocycles. The second-order valence-corrected chi connectivity index (χ2v) is 4.20. The Hall–Kier alpha value is 0.120. The quantitative estimate of drug-likeness (QED) is 0.678. The Morgan fingerprint density at radius 2 is 2.33 bits per heavy atom. The third kappa shape index (κ3) is 1.23. The maximum atomic E-state index is 5.88. The van der Waals surface area contributed by atoms with Crippen LogP contribution in [0.3, 0.4) is 0 Å². The number of nitrogens with zero attached hydrogens (tertiary/aromatic N) is 3. The first-order valence-corrected chi connectivity index (χ1v) is 5.28. The molecule has 3 nitrogen and oxygen atoms in total. The van der Waals surface area contributed by atoms with Gasteiger partial charge < -0.3 is 0 Å².